The summed E-state index contributed by atoms with van der Waals surface area (Å²) in [6, 6.07) is 8.61. The summed E-state index contributed by atoms with van der Waals surface area (Å²) in [7, 11) is 0. The smallest absolute Gasteiger partial charge is 0.274 e. The first-order chi connectivity index (χ1) is 11.7. The summed E-state index contributed by atoms with van der Waals surface area (Å²) in [5.74, 6) is 0.901. The molecule has 0 radical (unpaired) electrons. The van der Waals surface area contributed by atoms with Crippen LogP contribution in [-0.4, -0.2) is 30.3 Å². The highest BCUT2D eigenvalue weighted by atomic mass is 35.5. The molecule has 6 nitrogen and oxygen atoms in total. The minimum absolute atomic E-state index is 0.126. The number of nitrogens with zero attached hydrogens (tertiary/aromatic N) is 2. The van der Waals surface area contributed by atoms with Gasteiger partial charge in [0, 0.05) is 17.8 Å². The number of benzene rings is 1. The number of pyridine rings is 1. The number of carbonyl (C=O) groups is 1. The van der Waals surface area contributed by atoms with Crippen molar-refractivity contribution in [3.63, 3.8) is 0 Å². The van der Waals surface area contributed by atoms with Crippen LogP contribution >= 0.6 is 11.6 Å². The van der Waals surface area contributed by atoms with E-state index in [0.717, 1.165) is 5.56 Å². The van der Waals surface area contributed by atoms with E-state index in [1.54, 1.807) is 18.2 Å². The number of aromatic nitrogens is 1. The number of carbonyl (C=O) groups excluding carboxylic acids is 1. The number of rotatable bonds is 7. The van der Waals surface area contributed by atoms with Crippen LogP contribution in [0.15, 0.2) is 41.6 Å². The van der Waals surface area contributed by atoms with Crippen molar-refractivity contribution < 1.29 is 14.3 Å². The lowest BCUT2D eigenvalue weighted by atomic mass is 10.2. The third kappa shape index (κ3) is 4.70. The van der Waals surface area contributed by atoms with Gasteiger partial charge in [-0.1, -0.05) is 11.6 Å². The summed E-state index contributed by atoms with van der Waals surface area (Å²) in [6.45, 7) is 4.88. The van der Waals surface area contributed by atoms with Crippen LogP contribution in [0.2, 0.25) is 5.15 Å². The Morgan fingerprint density at radius 3 is 2.79 bits per heavy atom. The SMILES string of the molecule is CCOc1ccc(C=NNC(=O)c2cccnc2Cl)c(OCC)c1. The lowest BCUT2D eigenvalue weighted by Gasteiger charge is -2.10. The van der Waals surface area contributed by atoms with Crippen LogP contribution in [0.25, 0.3) is 0 Å². The van der Waals surface area contributed by atoms with Crippen LogP contribution in [0.1, 0.15) is 29.8 Å². The van der Waals surface area contributed by atoms with Crippen molar-refractivity contribution >= 4 is 23.7 Å². The average molecular weight is 348 g/mol. The second-order valence-electron chi connectivity index (χ2n) is 4.61. The Morgan fingerprint density at radius 1 is 1.29 bits per heavy atom. The van der Waals surface area contributed by atoms with Gasteiger partial charge in [-0.15, -0.1) is 0 Å². The number of ether oxygens (including phenoxy) is 2. The van der Waals surface area contributed by atoms with Crippen molar-refractivity contribution in [3.05, 3.63) is 52.8 Å². The van der Waals surface area contributed by atoms with Gasteiger partial charge in [0.15, 0.2) is 0 Å². The van der Waals surface area contributed by atoms with Crippen LogP contribution in [0, 0.1) is 0 Å². The van der Waals surface area contributed by atoms with E-state index in [2.05, 4.69) is 15.5 Å². The van der Waals surface area contributed by atoms with E-state index >= 15 is 0 Å². The molecule has 0 saturated heterocycles. The molecule has 1 aromatic carbocycles. The quantitative estimate of drug-likeness (QED) is 0.474. The van der Waals surface area contributed by atoms with E-state index in [1.165, 1.54) is 12.4 Å². The largest absolute Gasteiger partial charge is 0.494 e. The zero-order valence-electron chi connectivity index (χ0n) is 13.5. The third-order valence-corrected chi connectivity index (χ3v) is 3.27. The topological polar surface area (TPSA) is 72.8 Å². The van der Waals surface area contributed by atoms with Crippen LogP contribution in [-0.2, 0) is 0 Å². The minimum atomic E-state index is -0.437. The lowest BCUT2D eigenvalue weighted by molar-refractivity contribution is 0.0955. The first-order valence-corrected chi connectivity index (χ1v) is 7.87. The van der Waals surface area contributed by atoms with Gasteiger partial charge in [0.25, 0.3) is 5.91 Å². The fraction of sp³-hybridized carbons (Fsp3) is 0.235. The Labute approximate surface area is 145 Å². The standard InChI is InChI=1S/C17H18ClN3O3/c1-3-23-13-8-7-12(15(10-13)24-4-2)11-20-21-17(22)14-6-5-9-19-16(14)18/h5-11H,3-4H2,1-2H3,(H,21,22). The third-order valence-electron chi connectivity index (χ3n) is 2.97. The second kappa shape index (κ2) is 8.88. The van der Waals surface area contributed by atoms with Crippen molar-refractivity contribution in [2.24, 2.45) is 5.10 Å². The molecule has 0 aliphatic carbocycles. The number of nitrogens with one attached hydrogen (secondary N) is 1. The monoisotopic (exact) mass is 347 g/mol. The molecule has 0 unspecified atom stereocenters. The van der Waals surface area contributed by atoms with Gasteiger partial charge in [-0.25, -0.2) is 10.4 Å². The maximum Gasteiger partial charge on any atom is 0.274 e. The molecule has 0 bridgehead atoms. The molecular weight excluding hydrogens is 330 g/mol. The Bertz CT molecular complexity index is 735. The molecule has 0 saturated carbocycles. The highest BCUT2D eigenvalue weighted by molar-refractivity contribution is 6.32. The highest BCUT2D eigenvalue weighted by Gasteiger charge is 2.09. The minimum Gasteiger partial charge on any atom is -0.494 e. The number of halogens is 1. The van der Waals surface area contributed by atoms with Crippen molar-refractivity contribution in [2.45, 2.75) is 13.8 Å². The summed E-state index contributed by atoms with van der Waals surface area (Å²) < 4.78 is 11.0. The Morgan fingerprint density at radius 2 is 2.08 bits per heavy atom. The molecule has 1 heterocycles. The van der Waals surface area contributed by atoms with E-state index in [-0.39, 0.29) is 10.7 Å². The fourth-order valence-corrected chi connectivity index (χ4v) is 2.14. The van der Waals surface area contributed by atoms with Crippen LogP contribution in [0.3, 0.4) is 0 Å². The maximum absolute atomic E-state index is 12.0. The molecule has 2 rings (SSSR count). The Balaban J connectivity index is 2.10. The fourth-order valence-electron chi connectivity index (χ4n) is 1.93. The van der Waals surface area contributed by atoms with E-state index in [1.807, 2.05) is 26.0 Å². The average Bonchev–Trinajstić information content (AvgIpc) is 2.57. The molecule has 1 amide bonds. The van der Waals surface area contributed by atoms with Gasteiger partial charge in [-0.2, -0.15) is 5.10 Å². The van der Waals surface area contributed by atoms with Crippen LogP contribution < -0.4 is 14.9 Å². The van der Waals surface area contributed by atoms with Crippen molar-refractivity contribution in [2.75, 3.05) is 13.2 Å². The first-order valence-electron chi connectivity index (χ1n) is 7.49. The van der Waals surface area contributed by atoms with Crippen molar-refractivity contribution in [1.82, 2.24) is 10.4 Å². The highest BCUT2D eigenvalue weighted by Crippen LogP contribution is 2.24. The summed E-state index contributed by atoms with van der Waals surface area (Å²) in [5, 5.41) is 4.07. The van der Waals surface area contributed by atoms with E-state index in [4.69, 9.17) is 21.1 Å². The van der Waals surface area contributed by atoms with Gasteiger partial charge >= 0.3 is 0 Å². The van der Waals surface area contributed by atoms with E-state index in [9.17, 15) is 4.79 Å². The van der Waals surface area contributed by atoms with Crippen molar-refractivity contribution in [3.8, 4) is 11.5 Å². The summed E-state index contributed by atoms with van der Waals surface area (Å²) in [6.07, 6.45) is 3.01. The van der Waals surface area contributed by atoms with E-state index in [0.29, 0.717) is 24.7 Å². The van der Waals surface area contributed by atoms with Gasteiger partial charge in [0.05, 0.1) is 25.0 Å². The number of amides is 1. The van der Waals surface area contributed by atoms with Gasteiger partial charge in [-0.05, 0) is 38.1 Å². The number of hydrogen-bond acceptors (Lipinski definition) is 5. The summed E-state index contributed by atoms with van der Waals surface area (Å²) in [4.78, 5) is 15.9. The van der Waals surface area contributed by atoms with Gasteiger partial charge in [-0.3, -0.25) is 4.79 Å². The normalized spacial score (nSPS) is 10.6. The molecule has 0 atom stereocenters. The summed E-state index contributed by atoms with van der Waals surface area (Å²) in [5.41, 5.74) is 3.39. The van der Waals surface area contributed by atoms with Gasteiger partial charge in [0.2, 0.25) is 0 Å². The molecule has 0 aliphatic heterocycles. The zero-order chi connectivity index (χ0) is 17.4. The molecule has 0 spiro atoms. The predicted octanol–water partition coefficient (Wildman–Crippen LogP) is 3.30. The molecule has 24 heavy (non-hydrogen) atoms. The molecule has 1 aromatic heterocycles. The van der Waals surface area contributed by atoms with E-state index < -0.39 is 5.91 Å². The molecule has 2 aromatic rings. The number of hydrogen-bond donors (Lipinski definition) is 1. The number of hydrazone groups is 1. The lowest BCUT2D eigenvalue weighted by Crippen LogP contribution is -2.18. The molecule has 1 N–H and O–H groups in total. The molecular formula is C17H18ClN3O3. The Kier molecular flexibility index (Phi) is 6.57. The molecule has 126 valence electrons. The zero-order valence-corrected chi connectivity index (χ0v) is 14.2. The van der Waals surface area contributed by atoms with Crippen LogP contribution in [0.4, 0.5) is 0 Å². The molecule has 0 aliphatic rings. The first kappa shape index (κ1) is 17.7. The maximum atomic E-state index is 12.0. The van der Waals surface area contributed by atoms with Gasteiger partial charge in [0.1, 0.15) is 16.7 Å². The van der Waals surface area contributed by atoms with Gasteiger partial charge < -0.3 is 9.47 Å². The predicted molar refractivity (Wildman–Crippen MR) is 93.1 cm³/mol. The van der Waals surface area contributed by atoms with Crippen molar-refractivity contribution in [1.29, 1.82) is 0 Å². The second-order valence-corrected chi connectivity index (χ2v) is 4.96. The summed E-state index contributed by atoms with van der Waals surface area (Å²) >= 11 is 5.87. The Hall–Kier alpha value is -2.60. The molecule has 7 heteroatoms. The molecule has 0 fully saturated rings. The van der Waals surface area contributed by atoms with Crippen LogP contribution in [0.5, 0.6) is 11.5 Å².